The zero-order chi connectivity index (χ0) is 12.3. The molecule has 92 valence electrons. The fourth-order valence-corrected chi connectivity index (χ4v) is 3.26. The number of rotatable bonds is 1. The monoisotopic (exact) mass is 239 g/mol. The number of fused-ring (bicyclic) bond motifs is 5. The first-order chi connectivity index (χ1) is 8.00. The molecular formula is C11H13NO5. The first kappa shape index (κ1) is 10.7. The number of nitrogens with one attached hydrogen (secondary N) is 1. The third-order valence-corrected chi connectivity index (χ3v) is 3.92. The van der Waals surface area contributed by atoms with E-state index in [-0.39, 0.29) is 29.8 Å². The van der Waals surface area contributed by atoms with Crippen LogP contribution < -0.4 is 5.32 Å². The molecule has 3 aliphatic heterocycles. The molecule has 4 unspecified atom stereocenters. The number of imide groups is 1. The van der Waals surface area contributed by atoms with Gasteiger partial charge in [0, 0.05) is 12.8 Å². The molecule has 3 saturated heterocycles. The Morgan fingerprint density at radius 1 is 1.24 bits per heavy atom. The van der Waals surface area contributed by atoms with Crippen LogP contribution in [0.15, 0.2) is 0 Å². The van der Waals surface area contributed by atoms with Gasteiger partial charge in [0.2, 0.25) is 11.8 Å². The maximum absolute atomic E-state index is 11.6. The van der Waals surface area contributed by atoms with E-state index >= 15 is 0 Å². The van der Waals surface area contributed by atoms with E-state index in [1.54, 1.807) is 0 Å². The summed E-state index contributed by atoms with van der Waals surface area (Å²) >= 11 is 0. The molecule has 17 heavy (non-hydrogen) atoms. The van der Waals surface area contributed by atoms with Crippen LogP contribution in [0.3, 0.4) is 0 Å². The molecule has 0 aromatic carbocycles. The van der Waals surface area contributed by atoms with E-state index in [0.29, 0.717) is 0 Å². The molecule has 0 radical (unpaired) electrons. The molecule has 6 heteroatoms. The average Bonchev–Trinajstić information content (AvgIpc) is 2.82. The van der Waals surface area contributed by atoms with Crippen LogP contribution >= 0.6 is 0 Å². The lowest BCUT2D eigenvalue weighted by molar-refractivity contribution is -0.153. The van der Waals surface area contributed by atoms with Crippen molar-refractivity contribution in [2.24, 2.45) is 17.8 Å². The average molecular weight is 239 g/mol. The molecule has 6 atom stereocenters. The van der Waals surface area contributed by atoms with Crippen LogP contribution in [0.25, 0.3) is 0 Å². The van der Waals surface area contributed by atoms with Crippen LogP contribution in [0.2, 0.25) is 0 Å². The highest BCUT2D eigenvalue weighted by Gasteiger charge is 2.66. The summed E-state index contributed by atoms with van der Waals surface area (Å²) < 4.78 is 10.8. The van der Waals surface area contributed by atoms with Gasteiger partial charge in [-0.25, -0.2) is 0 Å². The molecule has 0 saturated carbocycles. The minimum Gasteiger partial charge on any atom is -0.459 e. The molecule has 0 aliphatic carbocycles. The number of hydrogen-bond acceptors (Lipinski definition) is 5. The number of hydrogen-bond donors (Lipinski definition) is 1. The Hall–Kier alpha value is -1.43. The fraction of sp³-hybridized carbons (Fsp3) is 0.727. The SMILES string of the molecule is CC(=O)OC1C2O[C@@H](C3C(=O)NC(=O)C23)[C@H]1C. The number of ether oxygens (including phenoxy) is 2. The van der Waals surface area contributed by atoms with E-state index < -0.39 is 24.0 Å². The van der Waals surface area contributed by atoms with Crippen molar-refractivity contribution in [2.75, 3.05) is 0 Å². The Balaban J connectivity index is 1.90. The van der Waals surface area contributed by atoms with Crippen molar-refractivity contribution in [2.45, 2.75) is 32.2 Å². The molecule has 1 N–H and O–H groups in total. The third-order valence-electron chi connectivity index (χ3n) is 3.92. The van der Waals surface area contributed by atoms with Gasteiger partial charge in [-0.15, -0.1) is 0 Å². The molecule has 3 heterocycles. The van der Waals surface area contributed by atoms with E-state index in [2.05, 4.69) is 5.32 Å². The van der Waals surface area contributed by atoms with E-state index in [1.165, 1.54) is 6.92 Å². The van der Waals surface area contributed by atoms with Crippen molar-refractivity contribution < 1.29 is 23.9 Å². The Morgan fingerprint density at radius 3 is 2.41 bits per heavy atom. The predicted octanol–water partition coefficient (Wildman–Crippen LogP) is -0.776. The lowest BCUT2D eigenvalue weighted by Crippen LogP contribution is -2.45. The van der Waals surface area contributed by atoms with Crippen LogP contribution in [0, 0.1) is 17.8 Å². The van der Waals surface area contributed by atoms with Crippen LogP contribution in [0.5, 0.6) is 0 Å². The van der Waals surface area contributed by atoms with Gasteiger partial charge >= 0.3 is 5.97 Å². The second-order valence-electron chi connectivity index (χ2n) is 4.90. The van der Waals surface area contributed by atoms with Crippen LogP contribution in [-0.4, -0.2) is 36.1 Å². The minimum absolute atomic E-state index is 0.0539. The summed E-state index contributed by atoms with van der Waals surface area (Å²) in [6.07, 6.45) is -1.22. The van der Waals surface area contributed by atoms with Gasteiger partial charge < -0.3 is 9.47 Å². The van der Waals surface area contributed by atoms with Gasteiger partial charge in [0.25, 0.3) is 0 Å². The Bertz CT molecular complexity index is 420. The largest absolute Gasteiger partial charge is 0.459 e. The zero-order valence-corrected chi connectivity index (χ0v) is 9.51. The Kier molecular flexibility index (Phi) is 2.07. The summed E-state index contributed by atoms with van der Waals surface area (Å²) in [7, 11) is 0. The topological polar surface area (TPSA) is 81.7 Å². The maximum atomic E-state index is 11.6. The molecule has 0 aromatic heterocycles. The second-order valence-corrected chi connectivity index (χ2v) is 4.90. The quantitative estimate of drug-likeness (QED) is 0.479. The van der Waals surface area contributed by atoms with Gasteiger partial charge in [0.1, 0.15) is 12.2 Å². The van der Waals surface area contributed by atoms with E-state index in [0.717, 1.165) is 0 Å². The van der Waals surface area contributed by atoms with E-state index in [4.69, 9.17) is 9.47 Å². The summed E-state index contributed by atoms with van der Waals surface area (Å²) in [6, 6.07) is 0. The standard InChI is InChI=1S/C11H13NO5/c1-3-7-5-6(11(15)12-10(5)14)9(17-7)8(3)16-4(2)13/h3,5-9H,1-2H3,(H,12,14,15)/t3-,5?,6?,7-,8?,9?/m1/s1. The summed E-state index contributed by atoms with van der Waals surface area (Å²) in [4.78, 5) is 34.3. The van der Waals surface area contributed by atoms with E-state index in [1.807, 2.05) is 6.92 Å². The second kappa shape index (κ2) is 3.29. The molecule has 0 spiro atoms. The van der Waals surface area contributed by atoms with Crippen molar-refractivity contribution >= 4 is 17.8 Å². The smallest absolute Gasteiger partial charge is 0.303 e. The summed E-state index contributed by atoms with van der Waals surface area (Å²) in [6.45, 7) is 3.21. The molecule has 3 aliphatic rings. The normalized spacial score (nSPS) is 46.9. The number of amides is 2. The Labute approximate surface area is 97.6 Å². The van der Waals surface area contributed by atoms with Gasteiger partial charge in [-0.3, -0.25) is 19.7 Å². The van der Waals surface area contributed by atoms with Crippen LogP contribution in [0.1, 0.15) is 13.8 Å². The van der Waals surface area contributed by atoms with Crippen molar-refractivity contribution in [1.29, 1.82) is 0 Å². The minimum atomic E-state index is -0.493. The molecule has 6 nitrogen and oxygen atoms in total. The van der Waals surface area contributed by atoms with Crippen LogP contribution in [-0.2, 0) is 23.9 Å². The third kappa shape index (κ3) is 1.27. The summed E-state index contributed by atoms with van der Waals surface area (Å²) in [5.41, 5.74) is 0. The highest BCUT2D eigenvalue weighted by molar-refractivity contribution is 6.06. The summed E-state index contributed by atoms with van der Waals surface area (Å²) in [5, 5.41) is 2.32. The van der Waals surface area contributed by atoms with E-state index in [9.17, 15) is 14.4 Å². The predicted molar refractivity (Wildman–Crippen MR) is 53.5 cm³/mol. The number of carbonyl (C=O) groups is 3. The lowest BCUT2D eigenvalue weighted by atomic mass is 9.74. The van der Waals surface area contributed by atoms with Gasteiger partial charge in [0.15, 0.2) is 0 Å². The lowest BCUT2D eigenvalue weighted by Gasteiger charge is -2.29. The van der Waals surface area contributed by atoms with Crippen molar-refractivity contribution in [3.63, 3.8) is 0 Å². The Morgan fingerprint density at radius 2 is 1.82 bits per heavy atom. The van der Waals surface area contributed by atoms with Crippen molar-refractivity contribution in [3.8, 4) is 0 Å². The first-order valence-electron chi connectivity index (χ1n) is 5.68. The fourth-order valence-electron chi connectivity index (χ4n) is 3.26. The molecule has 0 aromatic rings. The van der Waals surface area contributed by atoms with Gasteiger partial charge in [0.05, 0.1) is 17.9 Å². The highest BCUT2D eigenvalue weighted by atomic mass is 16.6. The molecular weight excluding hydrogens is 226 g/mol. The molecule has 3 rings (SSSR count). The van der Waals surface area contributed by atoms with Gasteiger partial charge in [-0.2, -0.15) is 0 Å². The summed E-state index contributed by atoms with van der Waals surface area (Å²) in [5.74, 6) is -1.92. The molecule has 2 amide bonds. The van der Waals surface area contributed by atoms with Gasteiger partial charge in [-0.05, 0) is 0 Å². The molecule has 3 fully saturated rings. The zero-order valence-electron chi connectivity index (χ0n) is 9.51. The first-order valence-corrected chi connectivity index (χ1v) is 5.68. The van der Waals surface area contributed by atoms with Gasteiger partial charge in [-0.1, -0.05) is 6.92 Å². The highest BCUT2D eigenvalue weighted by Crippen LogP contribution is 2.49. The molecule has 2 bridgehead atoms. The maximum Gasteiger partial charge on any atom is 0.303 e. The van der Waals surface area contributed by atoms with Crippen molar-refractivity contribution in [1.82, 2.24) is 5.32 Å². The number of esters is 1. The van der Waals surface area contributed by atoms with Crippen molar-refractivity contribution in [3.05, 3.63) is 0 Å². The number of carbonyl (C=O) groups excluding carboxylic acids is 3. The van der Waals surface area contributed by atoms with Crippen LogP contribution in [0.4, 0.5) is 0 Å².